The van der Waals surface area contributed by atoms with Gasteiger partial charge in [0.05, 0.1) is 22.6 Å². The quantitative estimate of drug-likeness (QED) is 0.746. The van der Waals surface area contributed by atoms with Gasteiger partial charge in [0.15, 0.2) is 0 Å². The predicted molar refractivity (Wildman–Crippen MR) is 106 cm³/mol. The zero-order valence-corrected chi connectivity index (χ0v) is 16.3. The van der Waals surface area contributed by atoms with Crippen LogP contribution < -0.4 is 10.5 Å². The molecule has 0 atom stereocenters. The highest BCUT2D eigenvalue weighted by Gasteiger charge is 2.20. The van der Waals surface area contributed by atoms with E-state index in [4.69, 9.17) is 11.6 Å². The van der Waals surface area contributed by atoms with E-state index in [0.717, 1.165) is 58.3 Å². The number of H-pyrrole nitrogens is 1. The van der Waals surface area contributed by atoms with E-state index in [9.17, 15) is 4.79 Å². The SMILES string of the molecule is Cc1sc2nc(CN3CCN(c4ccncc4Cl)CC3)[nH]c(=O)c2c1C. The van der Waals surface area contributed by atoms with Gasteiger partial charge in [0.2, 0.25) is 0 Å². The topological polar surface area (TPSA) is 65.1 Å². The number of fused-ring (bicyclic) bond motifs is 1. The second kappa shape index (κ2) is 6.98. The lowest BCUT2D eigenvalue weighted by atomic mass is 10.2. The average molecular weight is 390 g/mol. The van der Waals surface area contributed by atoms with Crippen molar-refractivity contribution in [2.24, 2.45) is 0 Å². The molecule has 1 aliphatic heterocycles. The van der Waals surface area contributed by atoms with Crippen molar-refractivity contribution in [2.45, 2.75) is 20.4 Å². The third kappa shape index (κ3) is 3.22. The molecule has 0 saturated carbocycles. The number of anilines is 1. The van der Waals surface area contributed by atoms with Gasteiger partial charge in [0.25, 0.3) is 5.56 Å². The van der Waals surface area contributed by atoms with Crippen molar-refractivity contribution in [1.29, 1.82) is 0 Å². The molecule has 6 nitrogen and oxygen atoms in total. The third-order valence-electron chi connectivity index (χ3n) is 4.93. The molecule has 0 bridgehead atoms. The molecule has 8 heteroatoms. The normalized spacial score (nSPS) is 15.7. The van der Waals surface area contributed by atoms with Crippen molar-refractivity contribution in [3.8, 4) is 0 Å². The standard InChI is InChI=1S/C18H20ClN5OS/c1-11-12(2)26-18-16(11)17(25)21-15(22-18)10-23-5-7-24(8-6-23)14-3-4-20-9-13(14)19/h3-4,9H,5-8,10H2,1-2H3,(H,21,22,25). The summed E-state index contributed by atoms with van der Waals surface area (Å²) in [5.41, 5.74) is 2.03. The summed E-state index contributed by atoms with van der Waals surface area (Å²) in [6.07, 6.45) is 3.45. The van der Waals surface area contributed by atoms with Crippen LogP contribution in [0, 0.1) is 13.8 Å². The fourth-order valence-electron chi connectivity index (χ4n) is 3.36. The van der Waals surface area contributed by atoms with Gasteiger partial charge in [-0.05, 0) is 25.5 Å². The number of aromatic amines is 1. The van der Waals surface area contributed by atoms with E-state index in [1.807, 2.05) is 19.9 Å². The van der Waals surface area contributed by atoms with Gasteiger partial charge < -0.3 is 9.88 Å². The molecule has 0 aromatic carbocycles. The summed E-state index contributed by atoms with van der Waals surface area (Å²) in [5, 5.41) is 1.41. The first-order valence-corrected chi connectivity index (χ1v) is 9.78. The highest BCUT2D eigenvalue weighted by molar-refractivity contribution is 7.18. The summed E-state index contributed by atoms with van der Waals surface area (Å²) in [7, 11) is 0. The first-order chi connectivity index (χ1) is 12.5. The van der Waals surface area contributed by atoms with Gasteiger partial charge in [-0.2, -0.15) is 0 Å². The zero-order valence-electron chi connectivity index (χ0n) is 14.8. The molecular formula is C18H20ClN5OS. The van der Waals surface area contributed by atoms with Crippen molar-refractivity contribution in [2.75, 3.05) is 31.1 Å². The fraction of sp³-hybridized carbons (Fsp3) is 0.389. The van der Waals surface area contributed by atoms with Crippen LogP contribution in [0.1, 0.15) is 16.3 Å². The maximum atomic E-state index is 12.4. The molecule has 1 N–H and O–H groups in total. The lowest BCUT2D eigenvalue weighted by Gasteiger charge is -2.36. The zero-order chi connectivity index (χ0) is 18.3. The number of pyridine rings is 1. The van der Waals surface area contributed by atoms with E-state index in [2.05, 4.69) is 24.8 Å². The van der Waals surface area contributed by atoms with Gasteiger partial charge in [-0.1, -0.05) is 11.6 Å². The van der Waals surface area contributed by atoms with Crippen LogP contribution in [-0.2, 0) is 6.54 Å². The summed E-state index contributed by atoms with van der Waals surface area (Å²) in [6.45, 7) is 8.21. The Hall–Kier alpha value is -1.96. The van der Waals surface area contributed by atoms with Crippen molar-refractivity contribution < 1.29 is 0 Å². The van der Waals surface area contributed by atoms with Crippen LogP contribution in [0.15, 0.2) is 23.3 Å². The second-order valence-corrected chi connectivity index (χ2v) is 8.18. The molecule has 1 aliphatic rings. The Balaban J connectivity index is 1.47. The Bertz CT molecular complexity index is 1010. The lowest BCUT2D eigenvalue weighted by molar-refractivity contribution is 0.244. The van der Waals surface area contributed by atoms with Crippen LogP contribution in [0.25, 0.3) is 10.2 Å². The van der Waals surface area contributed by atoms with E-state index < -0.39 is 0 Å². The maximum absolute atomic E-state index is 12.4. The minimum atomic E-state index is -0.0333. The Labute approximate surface area is 160 Å². The van der Waals surface area contributed by atoms with Crippen LogP contribution in [0.5, 0.6) is 0 Å². The van der Waals surface area contributed by atoms with Crippen LogP contribution in [-0.4, -0.2) is 46.0 Å². The number of hydrogen-bond acceptors (Lipinski definition) is 6. The number of aromatic nitrogens is 3. The van der Waals surface area contributed by atoms with Crippen molar-refractivity contribution in [1.82, 2.24) is 19.9 Å². The van der Waals surface area contributed by atoms with E-state index in [1.54, 1.807) is 23.7 Å². The number of nitrogens with zero attached hydrogens (tertiary/aromatic N) is 4. The molecule has 3 aromatic heterocycles. The molecule has 1 saturated heterocycles. The Kier molecular flexibility index (Phi) is 4.69. The fourth-order valence-corrected chi connectivity index (χ4v) is 4.64. The summed E-state index contributed by atoms with van der Waals surface area (Å²) < 4.78 is 0. The number of halogens is 1. The minimum absolute atomic E-state index is 0.0333. The summed E-state index contributed by atoms with van der Waals surface area (Å²) in [5.74, 6) is 0.735. The van der Waals surface area contributed by atoms with E-state index in [-0.39, 0.29) is 5.56 Å². The average Bonchev–Trinajstić information content (AvgIpc) is 2.91. The maximum Gasteiger partial charge on any atom is 0.259 e. The first kappa shape index (κ1) is 17.5. The summed E-state index contributed by atoms with van der Waals surface area (Å²) in [4.78, 5) is 30.7. The van der Waals surface area contributed by atoms with Crippen LogP contribution in [0.2, 0.25) is 5.02 Å². The molecule has 0 amide bonds. The van der Waals surface area contributed by atoms with Crippen LogP contribution in [0.3, 0.4) is 0 Å². The molecular weight excluding hydrogens is 370 g/mol. The molecule has 136 valence electrons. The molecule has 4 heterocycles. The smallest absolute Gasteiger partial charge is 0.259 e. The van der Waals surface area contributed by atoms with Crippen molar-refractivity contribution in [3.63, 3.8) is 0 Å². The number of thiophene rings is 1. The number of rotatable bonds is 3. The largest absolute Gasteiger partial charge is 0.368 e. The van der Waals surface area contributed by atoms with Crippen LogP contribution >= 0.6 is 22.9 Å². The molecule has 0 unspecified atom stereocenters. The highest BCUT2D eigenvalue weighted by Crippen LogP contribution is 2.27. The summed E-state index contributed by atoms with van der Waals surface area (Å²) >= 11 is 7.83. The second-order valence-electron chi connectivity index (χ2n) is 6.57. The van der Waals surface area contributed by atoms with Crippen molar-refractivity contribution >= 4 is 38.8 Å². The predicted octanol–water partition coefficient (Wildman–Crippen LogP) is 2.97. The van der Waals surface area contributed by atoms with Gasteiger partial charge in [0.1, 0.15) is 10.7 Å². The molecule has 0 aliphatic carbocycles. The number of nitrogens with one attached hydrogen (secondary N) is 1. The van der Waals surface area contributed by atoms with E-state index in [0.29, 0.717) is 11.6 Å². The molecule has 1 fully saturated rings. The van der Waals surface area contributed by atoms with Crippen LogP contribution in [0.4, 0.5) is 5.69 Å². The number of aryl methyl sites for hydroxylation is 2. The van der Waals surface area contributed by atoms with Gasteiger partial charge in [-0.25, -0.2) is 4.98 Å². The Morgan fingerprint density at radius 3 is 2.77 bits per heavy atom. The monoisotopic (exact) mass is 389 g/mol. The Morgan fingerprint density at radius 1 is 1.27 bits per heavy atom. The highest BCUT2D eigenvalue weighted by atomic mass is 35.5. The first-order valence-electron chi connectivity index (χ1n) is 8.58. The minimum Gasteiger partial charge on any atom is -0.368 e. The molecule has 0 radical (unpaired) electrons. The van der Waals surface area contributed by atoms with Gasteiger partial charge in [0, 0.05) is 43.4 Å². The lowest BCUT2D eigenvalue weighted by Crippen LogP contribution is -2.46. The molecule has 3 aromatic rings. The van der Waals surface area contributed by atoms with E-state index in [1.165, 1.54) is 0 Å². The number of piperazine rings is 1. The summed E-state index contributed by atoms with van der Waals surface area (Å²) in [6, 6.07) is 1.95. The number of hydrogen-bond donors (Lipinski definition) is 1. The van der Waals surface area contributed by atoms with Gasteiger partial charge in [-0.3, -0.25) is 14.7 Å². The van der Waals surface area contributed by atoms with Crippen molar-refractivity contribution in [3.05, 3.63) is 50.1 Å². The van der Waals surface area contributed by atoms with Gasteiger partial charge in [-0.15, -0.1) is 11.3 Å². The van der Waals surface area contributed by atoms with E-state index >= 15 is 0 Å². The molecule has 0 spiro atoms. The van der Waals surface area contributed by atoms with Gasteiger partial charge >= 0.3 is 0 Å². The third-order valence-corrected chi connectivity index (χ3v) is 6.32. The Morgan fingerprint density at radius 2 is 2.04 bits per heavy atom. The molecule has 4 rings (SSSR count). The molecule has 26 heavy (non-hydrogen) atoms.